The van der Waals surface area contributed by atoms with Crippen molar-refractivity contribution in [2.24, 2.45) is 5.92 Å². The van der Waals surface area contributed by atoms with Gasteiger partial charge in [0.2, 0.25) is 0 Å². The van der Waals surface area contributed by atoms with Crippen molar-refractivity contribution in [1.29, 1.82) is 0 Å². The van der Waals surface area contributed by atoms with E-state index >= 15 is 0 Å². The van der Waals surface area contributed by atoms with Crippen LogP contribution in [0.2, 0.25) is 0 Å². The van der Waals surface area contributed by atoms with E-state index in [1.54, 1.807) is 0 Å². The molecule has 0 unspecified atom stereocenters. The van der Waals surface area contributed by atoms with Crippen LogP contribution in [0.15, 0.2) is 6.07 Å². The van der Waals surface area contributed by atoms with Crippen molar-refractivity contribution in [3.8, 4) is 0 Å². The molecule has 0 spiro atoms. The van der Waals surface area contributed by atoms with Crippen molar-refractivity contribution >= 4 is 11.9 Å². The van der Waals surface area contributed by atoms with E-state index in [0.29, 0.717) is 11.5 Å². The second-order valence-electron chi connectivity index (χ2n) is 7.31. The summed E-state index contributed by atoms with van der Waals surface area (Å²) in [6.07, 6.45) is 10.8. The number of esters is 2. The van der Waals surface area contributed by atoms with E-state index in [9.17, 15) is 9.59 Å². The molecule has 0 bridgehead atoms. The summed E-state index contributed by atoms with van der Waals surface area (Å²) >= 11 is 0. The van der Waals surface area contributed by atoms with Crippen molar-refractivity contribution in [1.82, 2.24) is 0 Å². The SMILES string of the molecule is COC(=O)c1cc(CC2CCCCC2)c(C(=O)OC)c2c1CCCC2. The maximum absolute atomic E-state index is 12.6. The topological polar surface area (TPSA) is 52.6 Å². The van der Waals surface area contributed by atoms with Crippen LogP contribution in [0.4, 0.5) is 0 Å². The van der Waals surface area contributed by atoms with Gasteiger partial charge < -0.3 is 9.47 Å². The van der Waals surface area contributed by atoms with Crippen molar-refractivity contribution in [3.63, 3.8) is 0 Å². The Morgan fingerprint density at radius 1 is 0.920 bits per heavy atom. The number of hydrogen-bond donors (Lipinski definition) is 0. The van der Waals surface area contributed by atoms with Gasteiger partial charge in [0.05, 0.1) is 25.3 Å². The lowest BCUT2D eigenvalue weighted by Crippen LogP contribution is -2.21. The third-order valence-corrected chi connectivity index (χ3v) is 5.76. The van der Waals surface area contributed by atoms with Crippen molar-refractivity contribution in [3.05, 3.63) is 33.9 Å². The van der Waals surface area contributed by atoms with E-state index in [-0.39, 0.29) is 11.9 Å². The summed E-state index contributed by atoms with van der Waals surface area (Å²) in [6.45, 7) is 0. The highest BCUT2D eigenvalue weighted by Crippen LogP contribution is 2.35. The molecule has 2 aliphatic carbocycles. The first-order valence-electron chi connectivity index (χ1n) is 9.50. The largest absolute Gasteiger partial charge is 0.465 e. The van der Waals surface area contributed by atoms with Crippen LogP contribution >= 0.6 is 0 Å². The van der Waals surface area contributed by atoms with Gasteiger partial charge in [-0.05, 0) is 60.8 Å². The number of methoxy groups -OCH3 is 2. The Morgan fingerprint density at radius 2 is 1.56 bits per heavy atom. The number of carbonyl (C=O) groups excluding carboxylic acids is 2. The highest BCUT2D eigenvalue weighted by molar-refractivity contribution is 5.98. The van der Waals surface area contributed by atoms with Gasteiger partial charge in [-0.25, -0.2) is 9.59 Å². The quantitative estimate of drug-likeness (QED) is 0.766. The number of hydrogen-bond acceptors (Lipinski definition) is 4. The molecule has 1 fully saturated rings. The molecule has 1 aromatic carbocycles. The lowest BCUT2D eigenvalue weighted by Gasteiger charge is -2.27. The summed E-state index contributed by atoms with van der Waals surface area (Å²) in [7, 11) is 2.86. The predicted octanol–water partition coefficient (Wildman–Crippen LogP) is 4.26. The van der Waals surface area contributed by atoms with Gasteiger partial charge in [-0.1, -0.05) is 32.1 Å². The highest BCUT2D eigenvalue weighted by Gasteiger charge is 2.28. The second kappa shape index (κ2) is 8.03. The molecule has 2 aliphatic rings. The van der Waals surface area contributed by atoms with Gasteiger partial charge in [-0.15, -0.1) is 0 Å². The Kier molecular flexibility index (Phi) is 5.77. The molecule has 3 rings (SSSR count). The first kappa shape index (κ1) is 18.0. The molecule has 0 amide bonds. The molecule has 0 atom stereocenters. The van der Waals surface area contributed by atoms with E-state index in [2.05, 4.69) is 0 Å². The minimum absolute atomic E-state index is 0.264. The molecule has 0 aliphatic heterocycles. The molecular weight excluding hydrogens is 316 g/mol. The summed E-state index contributed by atoms with van der Waals surface area (Å²) in [6, 6.07) is 1.91. The van der Waals surface area contributed by atoms with Gasteiger partial charge in [0.15, 0.2) is 0 Å². The van der Waals surface area contributed by atoms with Gasteiger partial charge in [-0.2, -0.15) is 0 Å². The van der Waals surface area contributed by atoms with E-state index in [1.165, 1.54) is 46.3 Å². The van der Waals surface area contributed by atoms with Crippen molar-refractivity contribution in [2.45, 2.75) is 64.2 Å². The Hall–Kier alpha value is -1.84. The fourth-order valence-corrected chi connectivity index (χ4v) is 4.52. The predicted molar refractivity (Wildman–Crippen MR) is 96.0 cm³/mol. The number of fused-ring (bicyclic) bond motifs is 1. The Balaban J connectivity index is 2.09. The summed E-state index contributed by atoms with van der Waals surface area (Å²) in [4.78, 5) is 24.9. The molecule has 0 heterocycles. The summed E-state index contributed by atoms with van der Waals surface area (Å²) in [5.41, 5.74) is 4.35. The van der Waals surface area contributed by atoms with Crippen LogP contribution in [0, 0.1) is 5.92 Å². The monoisotopic (exact) mass is 344 g/mol. The van der Waals surface area contributed by atoms with Crippen LogP contribution in [0.3, 0.4) is 0 Å². The number of ether oxygens (including phenoxy) is 2. The van der Waals surface area contributed by atoms with Gasteiger partial charge in [0.25, 0.3) is 0 Å². The fraction of sp³-hybridized carbons (Fsp3) is 0.619. The third-order valence-electron chi connectivity index (χ3n) is 5.76. The highest BCUT2D eigenvalue weighted by atomic mass is 16.5. The van der Waals surface area contributed by atoms with Crippen molar-refractivity contribution < 1.29 is 19.1 Å². The molecule has 4 heteroatoms. The first-order valence-corrected chi connectivity index (χ1v) is 9.50. The Labute approximate surface area is 149 Å². The third kappa shape index (κ3) is 3.73. The molecule has 0 radical (unpaired) electrons. The Morgan fingerprint density at radius 3 is 2.20 bits per heavy atom. The van der Waals surface area contributed by atoms with E-state index in [0.717, 1.165) is 54.4 Å². The zero-order chi connectivity index (χ0) is 17.8. The molecule has 136 valence electrons. The lowest BCUT2D eigenvalue weighted by molar-refractivity contribution is 0.0582. The van der Waals surface area contributed by atoms with Crippen molar-refractivity contribution in [2.75, 3.05) is 14.2 Å². The fourth-order valence-electron chi connectivity index (χ4n) is 4.52. The molecular formula is C21H28O4. The normalized spacial score (nSPS) is 17.7. The van der Waals surface area contributed by atoms with E-state index in [1.807, 2.05) is 6.07 Å². The zero-order valence-corrected chi connectivity index (χ0v) is 15.4. The zero-order valence-electron chi connectivity index (χ0n) is 15.4. The number of rotatable bonds is 4. The smallest absolute Gasteiger partial charge is 0.338 e. The second-order valence-corrected chi connectivity index (χ2v) is 7.31. The molecule has 0 N–H and O–H groups in total. The standard InChI is InChI=1S/C21H28O4/c1-24-20(22)18-13-15(12-14-8-4-3-5-9-14)19(21(23)25-2)17-11-7-6-10-16(17)18/h13-14H,3-12H2,1-2H3. The van der Waals surface area contributed by atoms with Crippen LogP contribution in [0.1, 0.15) is 82.4 Å². The maximum Gasteiger partial charge on any atom is 0.338 e. The Bertz CT molecular complexity index is 656. The molecule has 0 saturated heterocycles. The number of benzene rings is 1. The van der Waals surface area contributed by atoms with E-state index < -0.39 is 0 Å². The summed E-state index contributed by atoms with van der Waals surface area (Å²) in [5.74, 6) is 0.0316. The average molecular weight is 344 g/mol. The van der Waals surface area contributed by atoms with Crippen LogP contribution < -0.4 is 0 Å². The number of carbonyl (C=O) groups is 2. The van der Waals surface area contributed by atoms with Gasteiger partial charge in [0, 0.05) is 0 Å². The molecule has 4 nitrogen and oxygen atoms in total. The van der Waals surface area contributed by atoms with Gasteiger partial charge >= 0.3 is 11.9 Å². The van der Waals surface area contributed by atoms with Gasteiger partial charge in [0.1, 0.15) is 0 Å². The van der Waals surface area contributed by atoms with Gasteiger partial charge in [-0.3, -0.25) is 0 Å². The first-order chi connectivity index (χ1) is 12.2. The minimum Gasteiger partial charge on any atom is -0.465 e. The minimum atomic E-state index is -0.292. The molecule has 1 saturated carbocycles. The van der Waals surface area contributed by atoms with Crippen LogP contribution in [0.5, 0.6) is 0 Å². The molecule has 0 aromatic heterocycles. The van der Waals surface area contributed by atoms with Crippen LogP contribution in [-0.2, 0) is 28.7 Å². The van der Waals surface area contributed by atoms with Crippen LogP contribution in [0.25, 0.3) is 0 Å². The van der Waals surface area contributed by atoms with Crippen LogP contribution in [-0.4, -0.2) is 26.2 Å². The molecule has 25 heavy (non-hydrogen) atoms. The average Bonchev–Trinajstić information content (AvgIpc) is 2.67. The summed E-state index contributed by atoms with van der Waals surface area (Å²) < 4.78 is 10.1. The molecule has 1 aromatic rings. The maximum atomic E-state index is 12.6. The lowest BCUT2D eigenvalue weighted by atomic mass is 9.78. The summed E-state index contributed by atoms with van der Waals surface area (Å²) in [5, 5.41) is 0. The van der Waals surface area contributed by atoms with E-state index in [4.69, 9.17) is 9.47 Å².